The van der Waals surface area contributed by atoms with Crippen LogP contribution in [-0.4, -0.2) is 29.1 Å². The average molecular weight is 228 g/mol. The summed E-state index contributed by atoms with van der Waals surface area (Å²) in [5.41, 5.74) is 0. The molecule has 1 N–H and O–H groups in total. The molecule has 0 radical (unpaired) electrons. The van der Waals surface area contributed by atoms with Crippen LogP contribution in [0.15, 0.2) is 0 Å². The van der Waals surface area contributed by atoms with Crippen LogP contribution in [0.3, 0.4) is 0 Å². The maximum Gasteiger partial charge on any atom is 0.169 e. The Morgan fingerprint density at radius 2 is 2.13 bits per heavy atom. The first kappa shape index (κ1) is 12.8. The summed E-state index contributed by atoms with van der Waals surface area (Å²) in [7, 11) is 0. The molecule has 0 aromatic rings. The molecule has 1 fully saturated rings. The van der Waals surface area contributed by atoms with E-state index in [1.807, 2.05) is 0 Å². The summed E-state index contributed by atoms with van der Waals surface area (Å²) in [6.07, 6.45) is 5.21. The minimum absolute atomic E-state index is 0.521. The lowest BCUT2D eigenvalue weighted by atomic mass is 10.3. The molecule has 0 amide bonds. The minimum atomic E-state index is 0.521. The molecule has 0 atom stereocenters. The van der Waals surface area contributed by atoms with Gasteiger partial charge in [-0.2, -0.15) is 0 Å². The molecule has 0 unspecified atom stereocenters. The summed E-state index contributed by atoms with van der Waals surface area (Å²) in [5.74, 6) is 0.901. The third-order valence-corrected chi connectivity index (χ3v) is 3.22. The summed E-state index contributed by atoms with van der Waals surface area (Å²) in [6, 6.07) is 0.521. The zero-order valence-corrected chi connectivity index (χ0v) is 11.1. The Kier molecular flexibility index (Phi) is 5.37. The Balaban J connectivity index is 2.29. The molecular weight excluding hydrogens is 204 g/mol. The predicted octanol–water partition coefficient (Wildman–Crippen LogP) is 2.78. The third kappa shape index (κ3) is 4.83. The fourth-order valence-corrected chi connectivity index (χ4v) is 1.97. The molecule has 0 heterocycles. The minimum Gasteiger partial charge on any atom is -0.363 e. The van der Waals surface area contributed by atoms with Gasteiger partial charge in [-0.05, 0) is 51.2 Å². The summed E-state index contributed by atoms with van der Waals surface area (Å²) < 4.78 is 0. The number of rotatable bonds is 6. The molecule has 0 aromatic heterocycles. The van der Waals surface area contributed by atoms with Crippen molar-refractivity contribution in [1.29, 1.82) is 0 Å². The maximum absolute atomic E-state index is 5.43. The lowest BCUT2D eigenvalue weighted by Crippen LogP contribution is -2.45. The lowest BCUT2D eigenvalue weighted by Gasteiger charge is -2.29. The van der Waals surface area contributed by atoms with E-state index in [0.717, 1.165) is 24.1 Å². The topological polar surface area (TPSA) is 15.3 Å². The first-order valence-electron chi connectivity index (χ1n) is 6.19. The summed E-state index contributed by atoms with van der Waals surface area (Å²) >= 11 is 5.43. The highest BCUT2D eigenvalue weighted by Crippen LogP contribution is 2.30. The van der Waals surface area contributed by atoms with E-state index >= 15 is 0 Å². The Morgan fingerprint density at radius 3 is 2.60 bits per heavy atom. The number of thiocarbonyl (C=S) groups is 1. The first-order valence-corrected chi connectivity index (χ1v) is 6.60. The van der Waals surface area contributed by atoms with Crippen LogP contribution in [0.4, 0.5) is 0 Å². The van der Waals surface area contributed by atoms with Gasteiger partial charge in [0.15, 0.2) is 5.11 Å². The third-order valence-electron chi connectivity index (χ3n) is 2.84. The zero-order valence-electron chi connectivity index (χ0n) is 10.3. The summed E-state index contributed by atoms with van der Waals surface area (Å²) in [5, 5.41) is 4.30. The summed E-state index contributed by atoms with van der Waals surface area (Å²) in [4.78, 5) is 2.34. The van der Waals surface area contributed by atoms with Crippen molar-refractivity contribution in [2.24, 2.45) is 5.92 Å². The van der Waals surface area contributed by atoms with Gasteiger partial charge < -0.3 is 10.2 Å². The van der Waals surface area contributed by atoms with Gasteiger partial charge in [0.1, 0.15) is 0 Å². The van der Waals surface area contributed by atoms with Crippen molar-refractivity contribution in [2.75, 3.05) is 13.1 Å². The Hall–Kier alpha value is -0.310. The fourth-order valence-electron chi connectivity index (χ4n) is 1.58. The van der Waals surface area contributed by atoms with E-state index in [0.29, 0.717) is 6.04 Å². The van der Waals surface area contributed by atoms with Crippen LogP contribution >= 0.6 is 12.2 Å². The molecule has 15 heavy (non-hydrogen) atoms. The van der Waals surface area contributed by atoms with Crippen molar-refractivity contribution >= 4 is 17.3 Å². The van der Waals surface area contributed by atoms with Crippen LogP contribution in [0, 0.1) is 5.92 Å². The quantitative estimate of drug-likeness (QED) is 0.556. The van der Waals surface area contributed by atoms with Crippen molar-refractivity contribution in [3.05, 3.63) is 0 Å². The van der Waals surface area contributed by atoms with Crippen molar-refractivity contribution in [3.63, 3.8) is 0 Å². The Morgan fingerprint density at radius 1 is 1.47 bits per heavy atom. The summed E-state index contributed by atoms with van der Waals surface area (Å²) in [6.45, 7) is 8.81. The molecule has 1 aliphatic carbocycles. The van der Waals surface area contributed by atoms with Crippen LogP contribution in [0.1, 0.15) is 46.5 Å². The second-order valence-electron chi connectivity index (χ2n) is 4.77. The molecule has 0 spiro atoms. The van der Waals surface area contributed by atoms with Crippen LogP contribution in [0.5, 0.6) is 0 Å². The highest BCUT2D eigenvalue weighted by molar-refractivity contribution is 7.80. The van der Waals surface area contributed by atoms with Gasteiger partial charge in [-0.25, -0.2) is 0 Å². The van der Waals surface area contributed by atoms with Crippen LogP contribution in [0.2, 0.25) is 0 Å². The zero-order chi connectivity index (χ0) is 11.3. The van der Waals surface area contributed by atoms with Gasteiger partial charge >= 0.3 is 0 Å². The van der Waals surface area contributed by atoms with Crippen LogP contribution in [0.25, 0.3) is 0 Å². The van der Waals surface area contributed by atoms with Gasteiger partial charge in [0.25, 0.3) is 0 Å². The van der Waals surface area contributed by atoms with E-state index in [4.69, 9.17) is 12.2 Å². The average Bonchev–Trinajstić information content (AvgIpc) is 2.97. The van der Waals surface area contributed by atoms with E-state index in [2.05, 4.69) is 31.0 Å². The van der Waals surface area contributed by atoms with E-state index in [1.165, 1.54) is 25.7 Å². The monoisotopic (exact) mass is 228 g/mol. The Labute approximate surface area is 99.4 Å². The SMILES string of the molecule is CCCCNC(=S)N(CC1CC1)C(C)C. The molecule has 88 valence electrons. The van der Waals surface area contributed by atoms with Gasteiger partial charge in [0.05, 0.1) is 0 Å². The number of nitrogens with one attached hydrogen (secondary N) is 1. The smallest absolute Gasteiger partial charge is 0.169 e. The number of unbranched alkanes of at least 4 members (excludes halogenated alkanes) is 1. The normalized spacial score (nSPS) is 15.5. The van der Waals surface area contributed by atoms with Gasteiger partial charge in [-0.1, -0.05) is 13.3 Å². The highest BCUT2D eigenvalue weighted by atomic mass is 32.1. The molecule has 1 aliphatic rings. The van der Waals surface area contributed by atoms with Gasteiger partial charge in [0.2, 0.25) is 0 Å². The molecule has 1 rings (SSSR count). The first-order chi connectivity index (χ1) is 7.15. The standard InChI is InChI=1S/C12H24N2S/c1-4-5-8-13-12(15)14(10(2)3)9-11-6-7-11/h10-11H,4-9H2,1-3H3,(H,13,15). The lowest BCUT2D eigenvalue weighted by molar-refractivity contribution is 0.331. The van der Waals surface area contributed by atoms with Crippen LogP contribution < -0.4 is 5.32 Å². The van der Waals surface area contributed by atoms with Crippen molar-refractivity contribution < 1.29 is 0 Å². The number of nitrogens with zero attached hydrogens (tertiary/aromatic N) is 1. The van der Waals surface area contributed by atoms with E-state index in [1.54, 1.807) is 0 Å². The van der Waals surface area contributed by atoms with Gasteiger partial charge in [-0.15, -0.1) is 0 Å². The largest absolute Gasteiger partial charge is 0.363 e. The fraction of sp³-hybridized carbons (Fsp3) is 0.917. The molecular formula is C12H24N2S. The van der Waals surface area contributed by atoms with Crippen molar-refractivity contribution in [2.45, 2.75) is 52.5 Å². The van der Waals surface area contributed by atoms with Gasteiger partial charge in [-0.3, -0.25) is 0 Å². The number of hydrogen-bond donors (Lipinski definition) is 1. The molecule has 0 aliphatic heterocycles. The predicted molar refractivity (Wildman–Crippen MR) is 70.1 cm³/mol. The molecule has 0 bridgehead atoms. The van der Waals surface area contributed by atoms with E-state index in [9.17, 15) is 0 Å². The van der Waals surface area contributed by atoms with E-state index < -0.39 is 0 Å². The second kappa shape index (κ2) is 6.31. The molecule has 0 saturated heterocycles. The molecule has 2 nitrogen and oxygen atoms in total. The number of hydrogen-bond acceptors (Lipinski definition) is 1. The highest BCUT2D eigenvalue weighted by Gasteiger charge is 2.26. The second-order valence-corrected chi connectivity index (χ2v) is 5.16. The molecule has 0 aromatic carbocycles. The van der Waals surface area contributed by atoms with Crippen LogP contribution in [-0.2, 0) is 0 Å². The Bertz CT molecular complexity index is 200. The van der Waals surface area contributed by atoms with Crippen molar-refractivity contribution in [1.82, 2.24) is 10.2 Å². The molecule has 1 saturated carbocycles. The van der Waals surface area contributed by atoms with Crippen molar-refractivity contribution in [3.8, 4) is 0 Å². The molecule has 3 heteroatoms. The van der Waals surface area contributed by atoms with E-state index in [-0.39, 0.29) is 0 Å². The maximum atomic E-state index is 5.43. The van der Waals surface area contributed by atoms with Gasteiger partial charge in [0, 0.05) is 19.1 Å².